The van der Waals surface area contributed by atoms with Gasteiger partial charge >= 0.3 is 0 Å². The second-order valence-electron chi connectivity index (χ2n) is 4.47. The molecular weight excluding hydrogens is 150 g/mol. The molecule has 0 spiro atoms. The zero-order chi connectivity index (χ0) is 9.35. The van der Waals surface area contributed by atoms with Crippen LogP contribution in [0.2, 0.25) is 0 Å². The highest BCUT2D eigenvalue weighted by atomic mass is 16.1. The first-order chi connectivity index (χ1) is 5.49. The standard InChI is InChI=1S/C10H19NO/c1-4-8(11)7-5-6-10(2,3)9(7)12/h7-8H,4-6,11H2,1-3H3. The van der Waals surface area contributed by atoms with Crippen LogP contribution in [-0.4, -0.2) is 11.8 Å². The predicted molar refractivity (Wildman–Crippen MR) is 49.8 cm³/mol. The highest BCUT2D eigenvalue weighted by Crippen LogP contribution is 2.38. The van der Waals surface area contributed by atoms with E-state index in [1.807, 2.05) is 20.8 Å². The predicted octanol–water partition coefficient (Wildman–Crippen LogP) is 1.73. The number of ketones is 1. The first-order valence-corrected chi connectivity index (χ1v) is 4.79. The van der Waals surface area contributed by atoms with Crippen molar-refractivity contribution < 1.29 is 4.79 Å². The Morgan fingerprint density at radius 1 is 1.67 bits per heavy atom. The fourth-order valence-electron chi connectivity index (χ4n) is 1.97. The van der Waals surface area contributed by atoms with Crippen molar-refractivity contribution in [2.75, 3.05) is 0 Å². The Kier molecular flexibility index (Phi) is 2.57. The molecule has 0 aliphatic heterocycles. The summed E-state index contributed by atoms with van der Waals surface area (Å²) in [7, 11) is 0. The monoisotopic (exact) mass is 169 g/mol. The maximum atomic E-state index is 11.7. The van der Waals surface area contributed by atoms with Gasteiger partial charge < -0.3 is 5.73 Å². The average molecular weight is 169 g/mol. The molecule has 1 rings (SSSR count). The zero-order valence-electron chi connectivity index (χ0n) is 8.26. The van der Waals surface area contributed by atoms with Crippen LogP contribution in [0, 0.1) is 11.3 Å². The van der Waals surface area contributed by atoms with E-state index in [-0.39, 0.29) is 17.4 Å². The summed E-state index contributed by atoms with van der Waals surface area (Å²) >= 11 is 0. The van der Waals surface area contributed by atoms with Gasteiger partial charge in [-0.3, -0.25) is 4.79 Å². The van der Waals surface area contributed by atoms with Gasteiger partial charge in [-0.05, 0) is 19.3 Å². The van der Waals surface area contributed by atoms with Gasteiger partial charge in [-0.25, -0.2) is 0 Å². The number of Topliss-reactive ketones (excluding diaryl/α,β-unsaturated/α-hetero) is 1. The summed E-state index contributed by atoms with van der Waals surface area (Å²) in [6.07, 6.45) is 2.90. The summed E-state index contributed by atoms with van der Waals surface area (Å²) in [5.74, 6) is 0.502. The minimum Gasteiger partial charge on any atom is -0.327 e. The number of carbonyl (C=O) groups excluding carboxylic acids is 1. The molecule has 0 aromatic carbocycles. The molecule has 2 atom stereocenters. The second kappa shape index (κ2) is 3.17. The van der Waals surface area contributed by atoms with Crippen molar-refractivity contribution in [1.29, 1.82) is 0 Å². The summed E-state index contributed by atoms with van der Waals surface area (Å²) in [5, 5.41) is 0. The zero-order valence-corrected chi connectivity index (χ0v) is 8.26. The molecule has 2 heteroatoms. The normalized spacial score (nSPS) is 30.7. The van der Waals surface area contributed by atoms with Crippen molar-refractivity contribution in [3.8, 4) is 0 Å². The molecule has 2 unspecified atom stereocenters. The van der Waals surface area contributed by atoms with Gasteiger partial charge in [-0.15, -0.1) is 0 Å². The summed E-state index contributed by atoms with van der Waals surface area (Å²) in [4.78, 5) is 11.7. The van der Waals surface area contributed by atoms with Crippen molar-refractivity contribution in [1.82, 2.24) is 0 Å². The van der Waals surface area contributed by atoms with Crippen LogP contribution in [0.15, 0.2) is 0 Å². The molecular formula is C10H19NO. The number of hydrogen-bond donors (Lipinski definition) is 1. The van der Waals surface area contributed by atoms with E-state index in [0.29, 0.717) is 5.78 Å². The fourth-order valence-corrected chi connectivity index (χ4v) is 1.97. The average Bonchev–Trinajstić information content (AvgIpc) is 2.27. The highest BCUT2D eigenvalue weighted by molar-refractivity contribution is 5.88. The molecule has 0 aromatic rings. The Morgan fingerprint density at radius 3 is 2.58 bits per heavy atom. The van der Waals surface area contributed by atoms with Gasteiger partial charge in [0.05, 0.1) is 0 Å². The SMILES string of the molecule is CCC(N)C1CCC(C)(C)C1=O. The molecule has 1 saturated carbocycles. The van der Waals surface area contributed by atoms with E-state index in [4.69, 9.17) is 5.73 Å². The number of nitrogens with two attached hydrogens (primary N) is 1. The first-order valence-electron chi connectivity index (χ1n) is 4.79. The summed E-state index contributed by atoms with van der Waals surface area (Å²) < 4.78 is 0. The molecule has 0 amide bonds. The Balaban J connectivity index is 2.67. The maximum absolute atomic E-state index is 11.7. The van der Waals surface area contributed by atoms with E-state index < -0.39 is 0 Å². The largest absolute Gasteiger partial charge is 0.327 e. The van der Waals surface area contributed by atoms with Crippen molar-refractivity contribution in [3.05, 3.63) is 0 Å². The lowest BCUT2D eigenvalue weighted by atomic mass is 9.86. The molecule has 12 heavy (non-hydrogen) atoms. The van der Waals surface area contributed by atoms with Crippen LogP contribution in [0.1, 0.15) is 40.0 Å². The Morgan fingerprint density at radius 2 is 2.25 bits per heavy atom. The van der Waals surface area contributed by atoms with Gasteiger partial charge in [0.25, 0.3) is 0 Å². The van der Waals surface area contributed by atoms with Crippen molar-refractivity contribution in [2.24, 2.45) is 17.1 Å². The molecule has 0 heterocycles. The van der Waals surface area contributed by atoms with Crippen LogP contribution in [0.25, 0.3) is 0 Å². The Labute approximate surface area is 74.5 Å². The van der Waals surface area contributed by atoms with Gasteiger partial charge in [-0.1, -0.05) is 20.8 Å². The lowest BCUT2D eigenvalue weighted by Gasteiger charge is -2.19. The molecule has 70 valence electrons. The van der Waals surface area contributed by atoms with Gasteiger partial charge in [0.2, 0.25) is 0 Å². The molecule has 0 aromatic heterocycles. The number of rotatable bonds is 2. The van der Waals surface area contributed by atoms with E-state index in [1.165, 1.54) is 0 Å². The third kappa shape index (κ3) is 1.53. The van der Waals surface area contributed by atoms with Gasteiger partial charge in [-0.2, -0.15) is 0 Å². The van der Waals surface area contributed by atoms with E-state index >= 15 is 0 Å². The minimum atomic E-state index is -0.114. The second-order valence-corrected chi connectivity index (χ2v) is 4.47. The fraction of sp³-hybridized carbons (Fsp3) is 0.900. The molecule has 1 aliphatic carbocycles. The van der Waals surface area contributed by atoms with E-state index in [1.54, 1.807) is 0 Å². The summed E-state index contributed by atoms with van der Waals surface area (Å²) in [5.41, 5.74) is 5.76. The van der Waals surface area contributed by atoms with Crippen LogP contribution in [-0.2, 0) is 4.79 Å². The number of hydrogen-bond acceptors (Lipinski definition) is 2. The van der Waals surface area contributed by atoms with E-state index in [0.717, 1.165) is 19.3 Å². The Hall–Kier alpha value is -0.370. The van der Waals surface area contributed by atoms with Gasteiger partial charge in [0, 0.05) is 17.4 Å². The minimum absolute atomic E-state index is 0.0827. The molecule has 0 saturated heterocycles. The highest BCUT2D eigenvalue weighted by Gasteiger charge is 2.42. The van der Waals surface area contributed by atoms with Crippen LogP contribution in [0.3, 0.4) is 0 Å². The molecule has 2 N–H and O–H groups in total. The number of carbonyl (C=O) groups is 1. The maximum Gasteiger partial charge on any atom is 0.143 e. The quantitative estimate of drug-likeness (QED) is 0.684. The smallest absolute Gasteiger partial charge is 0.143 e. The van der Waals surface area contributed by atoms with Crippen molar-refractivity contribution >= 4 is 5.78 Å². The first kappa shape index (κ1) is 9.72. The van der Waals surface area contributed by atoms with Crippen molar-refractivity contribution in [2.45, 2.75) is 46.1 Å². The third-order valence-electron chi connectivity index (χ3n) is 3.07. The molecule has 0 bridgehead atoms. The van der Waals surface area contributed by atoms with Crippen LogP contribution >= 0.6 is 0 Å². The van der Waals surface area contributed by atoms with Gasteiger partial charge in [0.1, 0.15) is 5.78 Å². The third-order valence-corrected chi connectivity index (χ3v) is 3.07. The molecule has 1 fully saturated rings. The topological polar surface area (TPSA) is 43.1 Å². The molecule has 0 radical (unpaired) electrons. The van der Waals surface area contributed by atoms with Crippen LogP contribution in [0.5, 0.6) is 0 Å². The van der Waals surface area contributed by atoms with Crippen LogP contribution in [0.4, 0.5) is 0 Å². The lowest BCUT2D eigenvalue weighted by molar-refractivity contribution is -0.127. The van der Waals surface area contributed by atoms with Gasteiger partial charge in [0.15, 0.2) is 0 Å². The molecule has 2 nitrogen and oxygen atoms in total. The summed E-state index contributed by atoms with van der Waals surface area (Å²) in [6, 6.07) is 0.0827. The van der Waals surface area contributed by atoms with Crippen molar-refractivity contribution in [3.63, 3.8) is 0 Å². The Bertz CT molecular complexity index is 186. The van der Waals surface area contributed by atoms with E-state index in [9.17, 15) is 4.79 Å². The van der Waals surface area contributed by atoms with Crippen LogP contribution < -0.4 is 5.73 Å². The lowest BCUT2D eigenvalue weighted by Crippen LogP contribution is -2.35. The van der Waals surface area contributed by atoms with E-state index in [2.05, 4.69) is 0 Å². The molecule has 1 aliphatic rings. The summed E-state index contributed by atoms with van der Waals surface area (Å²) in [6.45, 7) is 6.10.